The second kappa shape index (κ2) is 13.2. The highest BCUT2D eigenvalue weighted by molar-refractivity contribution is 7.20. The van der Waals surface area contributed by atoms with Crippen LogP contribution in [-0.4, -0.2) is 32.8 Å². The van der Waals surface area contributed by atoms with Crippen molar-refractivity contribution in [3.63, 3.8) is 0 Å². The number of rotatable bonds is 11. The lowest BCUT2D eigenvalue weighted by molar-refractivity contribution is 0.0953. The van der Waals surface area contributed by atoms with Crippen LogP contribution in [0.25, 0.3) is 10.1 Å². The first-order chi connectivity index (χ1) is 21.6. The average molecular weight is 597 g/mol. The van der Waals surface area contributed by atoms with Gasteiger partial charge in [0.05, 0.1) is 34.7 Å². The molecule has 0 aliphatic heterocycles. The molecule has 8 nitrogen and oxygen atoms in total. The van der Waals surface area contributed by atoms with Crippen LogP contribution < -0.4 is 10.6 Å². The highest BCUT2D eigenvalue weighted by atomic mass is 32.1. The zero-order valence-corrected chi connectivity index (χ0v) is 24.5. The number of carbonyl (C=O) groups excluding carboxylic acids is 2. The molecule has 2 N–H and O–H groups in total. The maximum atomic E-state index is 13.9. The Morgan fingerprint density at radius 2 is 1.77 bits per heavy atom. The predicted octanol–water partition coefficient (Wildman–Crippen LogP) is 6.42. The number of anilines is 1. The number of thiophene rings is 1. The molecule has 1 amide bonds. The van der Waals surface area contributed by atoms with Gasteiger partial charge in [0.2, 0.25) is 0 Å². The van der Waals surface area contributed by atoms with Crippen molar-refractivity contribution in [2.24, 2.45) is 0 Å². The first-order valence-electron chi connectivity index (χ1n) is 14.1. The van der Waals surface area contributed by atoms with Crippen molar-refractivity contribution in [1.29, 1.82) is 5.26 Å². The summed E-state index contributed by atoms with van der Waals surface area (Å²) >= 11 is 1.43. The summed E-state index contributed by atoms with van der Waals surface area (Å²) < 4.78 is 2.92. The number of fused-ring (bicyclic) bond motifs is 1. The van der Waals surface area contributed by atoms with Crippen molar-refractivity contribution in [1.82, 2.24) is 19.9 Å². The van der Waals surface area contributed by atoms with E-state index >= 15 is 0 Å². The molecule has 6 aromatic rings. The van der Waals surface area contributed by atoms with Crippen LogP contribution in [0.1, 0.15) is 48.6 Å². The van der Waals surface area contributed by atoms with Crippen molar-refractivity contribution < 1.29 is 9.59 Å². The van der Waals surface area contributed by atoms with Crippen molar-refractivity contribution in [2.45, 2.75) is 19.0 Å². The number of hydrogen-bond donors (Lipinski definition) is 2. The number of imidazole rings is 1. The summed E-state index contributed by atoms with van der Waals surface area (Å²) in [5, 5.41) is 16.5. The molecule has 6 rings (SSSR count). The van der Waals surface area contributed by atoms with Crippen molar-refractivity contribution in [3.8, 4) is 6.07 Å². The molecule has 44 heavy (non-hydrogen) atoms. The van der Waals surface area contributed by atoms with Crippen LogP contribution in [0, 0.1) is 11.3 Å². The number of amides is 1. The van der Waals surface area contributed by atoms with E-state index in [0.29, 0.717) is 41.2 Å². The minimum Gasteiger partial charge on any atom is -0.370 e. The number of aromatic nitrogens is 3. The Bertz CT molecular complexity index is 1940. The SMILES string of the molecule is N#Cc1ccc(Cn2cncc2C(Nc2ccc3sc(C(=O)NCCc4ccccn4)cc3c2)C(=O)c2ccccc2)cc1. The summed E-state index contributed by atoms with van der Waals surface area (Å²) in [6, 6.07) is 31.4. The summed E-state index contributed by atoms with van der Waals surface area (Å²) in [5.74, 6) is -0.217. The largest absolute Gasteiger partial charge is 0.370 e. The number of hydrogen-bond acceptors (Lipinski definition) is 7. The van der Waals surface area contributed by atoms with E-state index in [9.17, 15) is 9.59 Å². The van der Waals surface area contributed by atoms with Crippen molar-refractivity contribution in [2.75, 3.05) is 11.9 Å². The van der Waals surface area contributed by atoms with Gasteiger partial charge in [-0.15, -0.1) is 11.3 Å². The highest BCUT2D eigenvalue weighted by Crippen LogP contribution is 2.31. The number of pyridine rings is 1. The lowest BCUT2D eigenvalue weighted by Gasteiger charge is -2.21. The van der Waals surface area contributed by atoms with Gasteiger partial charge in [-0.3, -0.25) is 14.6 Å². The molecule has 0 radical (unpaired) electrons. The third kappa shape index (κ3) is 6.56. The molecule has 0 spiro atoms. The van der Waals surface area contributed by atoms with Gasteiger partial charge >= 0.3 is 0 Å². The van der Waals surface area contributed by atoms with Gasteiger partial charge in [-0.1, -0.05) is 48.5 Å². The smallest absolute Gasteiger partial charge is 0.261 e. The van der Waals surface area contributed by atoms with Gasteiger partial charge in [0, 0.05) is 47.4 Å². The van der Waals surface area contributed by atoms with E-state index in [1.807, 2.05) is 77.4 Å². The normalized spacial score (nSPS) is 11.5. The fraction of sp³-hybridized carbons (Fsp3) is 0.114. The molecule has 0 saturated carbocycles. The van der Waals surface area contributed by atoms with E-state index in [-0.39, 0.29) is 11.7 Å². The quantitative estimate of drug-likeness (QED) is 0.167. The third-order valence-electron chi connectivity index (χ3n) is 7.24. The molecular weight excluding hydrogens is 568 g/mol. The summed E-state index contributed by atoms with van der Waals surface area (Å²) in [6.07, 6.45) is 5.82. The van der Waals surface area contributed by atoms with E-state index in [2.05, 4.69) is 26.7 Å². The van der Waals surface area contributed by atoms with Crippen LogP contribution in [0.15, 0.2) is 116 Å². The summed E-state index contributed by atoms with van der Waals surface area (Å²) in [7, 11) is 0. The van der Waals surface area contributed by atoms with Crippen LogP contribution in [0.2, 0.25) is 0 Å². The summed E-state index contributed by atoms with van der Waals surface area (Å²) in [5.41, 5.74) is 4.54. The molecule has 0 saturated heterocycles. The molecule has 0 bridgehead atoms. The second-order valence-electron chi connectivity index (χ2n) is 10.3. The summed E-state index contributed by atoms with van der Waals surface area (Å²) in [4.78, 5) is 36.1. The topological polar surface area (TPSA) is 113 Å². The molecule has 3 aromatic carbocycles. The molecule has 9 heteroatoms. The Hall–Kier alpha value is -5.59. The van der Waals surface area contributed by atoms with Gasteiger partial charge in [0.15, 0.2) is 5.78 Å². The Morgan fingerprint density at radius 3 is 2.55 bits per heavy atom. The lowest BCUT2D eigenvalue weighted by Crippen LogP contribution is -2.25. The first kappa shape index (κ1) is 28.5. The van der Waals surface area contributed by atoms with E-state index < -0.39 is 6.04 Å². The molecule has 0 aliphatic rings. The van der Waals surface area contributed by atoms with Crippen LogP contribution in [-0.2, 0) is 13.0 Å². The van der Waals surface area contributed by atoms with E-state index in [4.69, 9.17) is 5.26 Å². The maximum Gasteiger partial charge on any atom is 0.261 e. The second-order valence-corrected chi connectivity index (χ2v) is 11.3. The minimum absolute atomic E-state index is 0.0921. The highest BCUT2D eigenvalue weighted by Gasteiger charge is 2.26. The standard InChI is InChI=1S/C35H28N6O2S/c36-20-24-9-11-25(12-10-24)22-41-23-37-21-30(41)33(34(42)26-6-2-1-3-7-26)40-29-13-14-31-27(18-29)19-32(44-31)35(43)39-17-15-28-8-4-5-16-38-28/h1-14,16,18-19,21,23,33,40H,15,17,22H2,(H,39,43). The van der Waals surface area contributed by atoms with Crippen molar-refractivity contribution >= 4 is 38.8 Å². The van der Waals surface area contributed by atoms with Gasteiger partial charge in [-0.05, 0) is 59.5 Å². The first-order valence-corrected chi connectivity index (χ1v) is 15.0. The molecule has 3 heterocycles. The number of nitrogens with one attached hydrogen (secondary N) is 2. The molecule has 0 fully saturated rings. The van der Waals surface area contributed by atoms with Gasteiger partial charge in [0.25, 0.3) is 5.91 Å². The maximum absolute atomic E-state index is 13.9. The van der Waals surface area contributed by atoms with E-state index in [1.54, 1.807) is 43.0 Å². The van der Waals surface area contributed by atoms with Crippen LogP contribution >= 0.6 is 11.3 Å². The fourth-order valence-electron chi connectivity index (χ4n) is 4.98. The van der Waals surface area contributed by atoms with Gasteiger partial charge in [-0.25, -0.2) is 4.98 Å². The Labute approximate surface area is 258 Å². The fourth-order valence-corrected chi connectivity index (χ4v) is 5.94. The Morgan fingerprint density at radius 1 is 0.955 bits per heavy atom. The van der Waals surface area contributed by atoms with Crippen molar-refractivity contribution in [3.05, 3.63) is 149 Å². The van der Waals surface area contributed by atoms with E-state index in [0.717, 1.165) is 27.0 Å². The summed E-state index contributed by atoms with van der Waals surface area (Å²) in [6.45, 7) is 0.986. The molecular formula is C35H28N6O2S. The minimum atomic E-state index is -0.719. The van der Waals surface area contributed by atoms with Crippen LogP contribution in [0.5, 0.6) is 0 Å². The number of carbonyl (C=O) groups is 2. The number of ketones is 1. The predicted molar refractivity (Wildman–Crippen MR) is 172 cm³/mol. The Balaban J connectivity index is 1.23. The zero-order chi connectivity index (χ0) is 30.3. The Kier molecular flexibility index (Phi) is 8.53. The number of nitriles is 1. The molecule has 0 aliphatic carbocycles. The van der Waals surface area contributed by atoms with Crippen LogP contribution in [0.3, 0.4) is 0 Å². The van der Waals surface area contributed by atoms with E-state index in [1.165, 1.54) is 11.3 Å². The molecule has 216 valence electrons. The van der Waals surface area contributed by atoms with Gasteiger partial charge < -0.3 is 15.2 Å². The average Bonchev–Trinajstić information content (AvgIpc) is 3.71. The van der Waals surface area contributed by atoms with Crippen LogP contribution in [0.4, 0.5) is 5.69 Å². The number of benzene rings is 3. The van der Waals surface area contributed by atoms with Gasteiger partial charge in [-0.2, -0.15) is 5.26 Å². The molecule has 3 aromatic heterocycles. The molecule has 1 unspecified atom stereocenters. The monoisotopic (exact) mass is 596 g/mol. The third-order valence-corrected chi connectivity index (χ3v) is 8.36. The number of Topliss-reactive ketones (excluding diaryl/α,β-unsaturated/α-hetero) is 1. The molecule has 1 atom stereocenters. The number of nitrogens with zero attached hydrogens (tertiary/aromatic N) is 4. The van der Waals surface area contributed by atoms with Gasteiger partial charge in [0.1, 0.15) is 6.04 Å². The lowest BCUT2D eigenvalue weighted by atomic mass is 10.0. The zero-order valence-electron chi connectivity index (χ0n) is 23.7.